The van der Waals surface area contributed by atoms with E-state index >= 15 is 0 Å². The van der Waals surface area contributed by atoms with Gasteiger partial charge in [-0.3, -0.25) is 4.79 Å². The van der Waals surface area contributed by atoms with Gasteiger partial charge in [-0.2, -0.15) is 0 Å². The highest BCUT2D eigenvalue weighted by Gasteiger charge is 2.24. The molecule has 0 radical (unpaired) electrons. The molecule has 1 aliphatic heterocycles. The van der Waals surface area contributed by atoms with Gasteiger partial charge >= 0.3 is 0 Å². The van der Waals surface area contributed by atoms with Crippen molar-refractivity contribution in [3.8, 4) is 0 Å². The van der Waals surface area contributed by atoms with Crippen LogP contribution in [-0.2, 0) is 11.2 Å². The molecular formula is C15H18BrCl2NO. The first-order valence-corrected chi connectivity index (χ1v) is 8.79. The van der Waals surface area contributed by atoms with Crippen molar-refractivity contribution in [3.63, 3.8) is 0 Å². The van der Waals surface area contributed by atoms with Crippen LogP contribution < -0.4 is 0 Å². The molecule has 2 nitrogen and oxygen atoms in total. The van der Waals surface area contributed by atoms with E-state index in [1.54, 1.807) is 12.1 Å². The highest BCUT2D eigenvalue weighted by molar-refractivity contribution is 9.09. The minimum atomic E-state index is 0.176. The molecule has 20 heavy (non-hydrogen) atoms. The number of halogens is 3. The average Bonchev–Trinajstić information content (AvgIpc) is 2.68. The molecule has 0 aromatic heterocycles. The van der Waals surface area contributed by atoms with Crippen molar-refractivity contribution >= 4 is 45.0 Å². The van der Waals surface area contributed by atoms with Crippen molar-refractivity contribution in [3.05, 3.63) is 33.8 Å². The molecule has 1 fully saturated rings. The minimum Gasteiger partial charge on any atom is -0.339 e. The fourth-order valence-corrected chi connectivity index (χ4v) is 3.59. The lowest BCUT2D eigenvalue weighted by Gasteiger charge is -2.29. The van der Waals surface area contributed by atoms with Crippen molar-refractivity contribution in [2.75, 3.05) is 11.9 Å². The maximum atomic E-state index is 12.5. The fourth-order valence-electron chi connectivity index (χ4n) is 2.59. The molecule has 0 saturated carbocycles. The number of hydrogen-bond donors (Lipinski definition) is 0. The zero-order chi connectivity index (χ0) is 14.5. The van der Waals surface area contributed by atoms with Crippen molar-refractivity contribution in [1.82, 2.24) is 4.90 Å². The van der Waals surface area contributed by atoms with Crippen LogP contribution in [0.2, 0.25) is 10.0 Å². The smallest absolute Gasteiger partial charge is 0.227 e. The van der Waals surface area contributed by atoms with E-state index in [0.717, 1.165) is 30.3 Å². The van der Waals surface area contributed by atoms with Crippen LogP contribution in [-0.4, -0.2) is 28.7 Å². The summed E-state index contributed by atoms with van der Waals surface area (Å²) in [6.45, 7) is 0.858. The van der Waals surface area contributed by atoms with E-state index in [2.05, 4.69) is 15.9 Å². The predicted molar refractivity (Wildman–Crippen MR) is 87.9 cm³/mol. The first-order valence-electron chi connectivity index (χ1n) is 6.91. The van der Waals surface area contributed by atoms with E-state index in [-0.39, 0.29) is 5.91 Å². The van der Waals surface area contributed by atoms with Gasteiger partial charge in [-0.15, -0.1) is 0 Å². The Balaban J connectivity index is 2.07. The van der Waals surface area contributed by atoms with Gasteiger partial charge in [-0.25, -0.2) is 0 Å². The molecular weight excluding hydrogens is 361 g/mol. The zero-order valence-electron chi connectivity index (χ0n) is 11.2. The van der Waals surface area contributed by atoms with Crippen LogP contribution >= 0.6 is 39.1 Å². The highest BCUT2D eigenvalue weighted by atomic mass is 79.9. The molecule has 1 unspecified atom stereocenters. The van der Waals surface area contributed by atoms with Gasteiger partial charge in [0.25, 0.3) is 0 Å². The van der Waals surface area contributed by atoms with Crippen LogP contribution in [0, 0.1) is 0 Å². The first-order chi connectivity index (χ1) is 9.61. The lowest BCUT2D eigenvalue weighted by molar-refractivity contribution is -0.132. The van der Waals surface area contributed by atoms with Gasteiger partial charge in [0.2, 0.25) is 5.91 Å². The molecule has 1 aliphatic rings. The third-order valence-electron chi connectivity index (χ3n) is 3.71. The summed E-state index contributed by atoms with van der Waals surface area (Å²) >= 11 is 15.4. The molecule has 2 rings (SSSR count). The number of amides is 1. The number of carbonyl (C=O) groups is 1. The summed E-state index contributed by atoms with van der Waals surface area (Å²) in [5, 5.41) is 1.88. The quantitative estimate of drug-likeness (QED) is 0.698. The Hall–Kier alpha value is -0.250. The number of hydrogen-bond acceptors (Lipinski definition) is 1. The van der Waals surface area contributed by atoms with Crippen LogP contribution in [0.4, 0.5) is 0 Å². The van der Waals surface area contributed by atoms with Crippen molar-refractivity contribution < 1.29 is 4.79 Å². The zero-order valence-corrected chi connectivity index (χ0v) is 14.3. The molecule has 1 atom stereocenters. The van der Waals surface area contributed by atoms with Gasteiger partial charge in [0.15, 0.2) is 0 Å². The summed E-state index contributed by atoms with van der Waals surface area (Å²) in [5.41, 5.74) is 0.918. The number of rotatable bonds is 3. The number of alkyl halides is 1. The lowest BCUT2D eigenvalue weighted by Crippen LogP contribution is -2.41. The molecule has 0 aliphatic carbocycles. The van der Waals surface area contributed by atoms with Gasteiger partial charge in [-0.1, -0.05) is 58.0 Å². The molecule has 1 heterocycles. The highest BCUT2D eigenvalue weighted by Crippen LogP contribution is 2.24. The fraction of sp³-hybridized carbons (Fsp3) is 0.533. The predicted octanol–water partition coefficient (Wildman–Crippen LogP) is 4.70. The van der Waals surface area contributed by atoms with Crippen molar-refractivity contribution in [2.24, 2.45) is 0 Å². The van der Waals surface area contributed by atoms with Gasteiger partial charge in [-0.05, 0) is 30.5 Å². The third-order valence-corrected chi connectivity index (χ3v) is 5.20. The summed E-state index contributed by atoms with van der Waals surface area (Å²) in [5.74, 6) is 0.176. The van der Waals surface area contributed by atoms with E-state index < -0.39 is 0 Å². The molecule has 1 aromatic rings. The Bertz CT molecular complexity index is 481. The number of benzene rings is 1. The molecule has 1 aromatic carbocycles. The number of nitrogens with zero attached hydrogens (tertiary/aromatic N) is 1. The van der Waals surface area contributed by atoms with Crippen LogP contribution in [0.1, 0.15) is 31.2 Å². The van der Waals surface area contributed by atoms with Crippen molar-refractivity contribution in [1.29, 1.82) is 0 Å². The van der Waals surface area contributed by atoms with Crippen LogP contribution in [0.15, 0.2) is 18.2 Å². The second-order valence-corrected chi connectivity index (χ2v) is 6.63. The monoisotopic (exact) mass is 377 g/mol. The summed E-state index contributed by atoms with van der Waals surface area (Å²) in [6, 6.07) is 5.71. The first kappa shape index (κ1) is 16.1. The van der Waals surface area contributed by atoms with Crippen LogP contribution in [0.25, 0.3) is 0 Å². The topological polar surface area (TPSA) is 20.3 Å². The van der Waals surface area contributed by atoms with Gasteiger partial charge < -0.3 is 4.90 Å². The minimum absolute atomic E-state index is 0.176. The van der Waals surface area contributed by atoms with Crippen molar-refractivity contribution in [2.45, 2.75) is 38.1 Å². The maximum absolute atomic E-state index is 12.5. The standard InChI is InChI=1S/C15H18BrCl2NO/c16-10-12-4-2-1-3-7-19(12)15(20)9-11-5-6-13(17)14(18)8-11/h5-6,8,12H,1-4,7,9-10H2. The summed E-state index contributed by atoms with van der Waals surface area (Å²) < 4.78 is 0. The largest absolute Gasteiger partial charge is 0.339 e. The molecule has 0 spiro atoms. The number of likely N-dealkylation sites (tertiary alicyclic amines) is 1. The molecule has 5 heteroatoms. The SMILES string of the molecule is O=C(Cc1ccc(Cl)c(Cl)c1)N1CCCCCC1CBr. The van der Waals surface area contributed by atoms with E-state index in [0.29, 0.717) is 22.5 Å². The maximum Gasteiger partial charge on any atom is 0.227 e. The van der Waals surface area contributed by atoms with Crippen LogP contribution in [0.5, 0.6) is 0 Å². The lowest BCUT2D eigenvalue weighted by atomic mass is 10.1. The summed E-state index contributed by atoms with van der Waals surface area (Å²) in [4.78, 5) is 14.5. The van der Waals surface area contributed by atoms with E-state index in [1.165, 1.54) is 12.8 Å². The Morgan fingerprint density at radius 2 is 2.05 bits per heavy atom. The van der Waals surface area contributed by atoms with E-state index in [1.807, 2.05) is 11.0 Å². The Labute approximate surface area is 138 Å². The molecule has 0 bridgehead atoms. The average molecular weight is 379 g/mol. The third kappa shape index (κ3) is 4.12. The Kier molecular flexibility index (Phi) is 6.19. The van der Waals surface area contributed by atoms with Gasteiger partial charge in [0.1, 0.15) is 0 Å². The number of carbonyl (C=O) groups excluding carboxylic acids is 1. The Morgan fingerprint density at radius 1 is 1.25 bits per heavy atom. The van der Waals surface area contributed by atoms with E-state index in [9.17, 15) is 4.79 Å². The van der Waals surface area contributed by atoms with Gasteiger partial charge in [0, 0.05) is 17.9 Å². The molecule has 1 amide bonds. The second-order valence-electron chi connectivity index (χ2n) is 5.17. The Morgan fingerprint density at radius 3 is 2.75 bits per heavy atom. The summed E-state index contributed by atoms with van der Waals surface area (Å²) in [7, 11) is 0. The molecule has 1 saturated heterocycles. The van der Waals surface area contributed by atoms with E-state index in [4.69, 9.17) is 23.2 Å². The van der Waals surface area contributed by atoms with Crippen LogP contribution in [0.3, 0.4) is 0 Å². The molecule has 110 valence electrons. The summed E-state index contributed by atoms with van der Waals surface area (Å²) in [6.07, 6.45) is 4.97. The second kappa shape index (κ2) is 7.67. The molecule has 0 N–H and O–H groups in total. The van der Waals surface area contributed by atoms with Gasteiger partial charge in [0.05, 0.1) is 16.5 Å². The normalized spacial score (nSPS) is 19.8.